The quantitative estimate of drug-likeness (QED) is 0.500. The summed E-state index contributed by atoms with van der Waals surface area (Å²) in [6.07, 6.45) is 1.54. The van der Waals surface area contributed by atoms with Crippen molar-refractivity contribution in [2.75, 3.05) is 0 Å². The Bertz CT molecular complexity index is 99.5. The predicted octanol–water partition coefficient (Wildman–Crippen LogP) is 0.495. The molecular formula is C7H15NO. The van der Waals surface area contributed by atoms with Crippen LogP contribution in [0, 0.1) is 5.92 Å². The van der Waals surface area contributed by atoms with Gasteiger partial charge in [-0.1, -0.05) is 6.92 Å². The lowest BCUT2D eigenvalue weighted by atomic mass is 10.0. The SMILES string of the molecule is C[C@H]1C[C@](C)(N)C[C@@H]1O. The molecule has 0 radical (unpaired) electrons. The molecule has 0 amide bonds. The van der Waals surface area contributed by atoms with Gasteiger partial charge >= 0.3 is 0 Å². The van der Waals surface area contributed by atoms with Crippen LogP contribution in [0.1, 0.15) is 26.7 Å². The monoisotopic (exact) mass is 129 g/mol. The smallest absolute Gasteiger partial charge is 0.0583 e. The molecule has 0 aliphatic heterocycles. The Kier molecular flexibility index (Phi) is 1.53. The van der Waals surface area contributed by atoms with Crippen molar-refractivity contribution < 1.29 is 5.11 Å². The van der Waals surface area contributed by atoms with Gasteiger partial charge in [-0.05, 0) is 25.7 Å². The van der Waals surface area contributed by atoms with E-state index in [0.717, 1.165) is 12.8 Å². The Morgan fingerprint density at radius 2 is 2.11 bits per heavy atom. The van der Waals surface area contributed by atoms with Gasteiger partial charge in [-0.25, -0.2) is 0 Å². The van der Waals surface area contributed by atoms with E-state index in [-0.39, 0.29) is 11.6 Å². The molecule has 1 aliphatic carbocycles. The third kappa shape index (κ3) is 1.43. The Labute approximate surface area is 56.1 Å². The van der Waals surface area contributed by atoms with Crippen molar-refractivity contribution >= 4 is 0 Å². The van der Waals surface area contributed by atoms with Crippen molar-refractivity contribution in [2.45, 2.75) is 38.3 Å². The van der Waals surface area contributed by atoms with E-state index in [1.165, 1.54) is 0 Å². The third-order valence-corrected chi connectivity index (χ3v) is 2.12. The van der Waals surface area contributed by atoms with Crippen molar-refractivity contribution in [1.29, 1.82) is 0 Å². The molecule has 0 saturated heterocycles. The van der Waals surface area contributed by atoms with Crippen LogP contribution < -0.4 is 5.73 Å². The highest BCUT2D eigenvalue weighted by Gasteiger charge is 2.35. The highest BCUT2D eigenvalue weighted by Crippen LogP contribution is 2.31. The normalized spacial score (nSPS) is 52.0. The van der Waals surface area contributed by atoms with Gasteiger partial charge in [-0.3, -0.25) is 0 Å². The van der Waals surface area contributed by atoms with Crippen LogP contribution in [0.25, 0.3) is 0 Å². The first-order valence-electron chi connectivity index (χ1n) is 3.48. The Morgan fingerprint density at radius 1 is 1.56 bits per heavy atom. The van der Waals surface area contributed by atoms with E-state index in [2.05, 4.69) is 0 Å². The maximum atomic E-state index is 9.25. The highest BCUT2D eigenvalue weighted by molar-refractivity contribution is 4.93. The minimum Gasteiger partial charge on any atom is -0.393 e. The highest BCUT2D eigenvalue weighted by atomic mass is 16.3. The molecule has 0 bridgehead atoms. The Hall–Kier alpha value is -0.0800. The molecule has 1 aliphatic rings. The van der Waals surface area contributed by atoms with Crippen molar-refractivity contribution in [3.8, 4) is 0 Å². The lowest BCUT2D eigenvalue weighted by molar-refractivity contribution is 0.138. The van der Waals surface area contributed by atoms with Crippen LogP contribution in [0.15, 0.2) is 0 Å². The molecule has 2 nitrogen and oxygen atoms in total. The maximum Gasteiger partial charge on any atom is 0.0583 e. The molecule has 0 aromatic rings. The van der Waals surface area contributed by atoms with Crippen molar-refractivity contribution in [3.05, 3.63) is 0 Å². The van der Waals surface area contributed by atoms with Gasteiger partial charge in [0.2, 0.25) is 0 Å². The second-order valence-electron chi connectivity index (χ2n) is 3.61. The van der Waals surface area contributed by atoms with E-state index in [0.29, 0.717) is 5.92 Å². The van der Waals surface area contributed by atoms with Gasteiger partial charge in [0.05, 0.1) is 6.10 Å². The average Bonchev–Trinajstić information content (AvgIpc) is 1.79. The zero-order valence-electron chi connectivity index (χ0n) is 6.09. The van der Waals surface area contributed by atoms with Crippen LogP contribution in [0.3, 0.4) is 0 Å². The zero-order valence-corrected chi connectivity index (χ0v) is 6.09. The fourth-order valence-corrected chi connectivity index (χ4v) is 1.63. The van der Waals surface area contributed by atoms with E-state index in [1.54, 1.807) is 0 Å². The molecule has 0 spiro atoms. The van der Waals surface area contributed by atoms with E-state index in [4.69, 9.17) is 5.73 Å². The zero-order chi connectivity index (χ0) is 7.07. The molecule has 3 N–H and O–H groups in total. The number of nitrogens with two attached hydrogens (primary N) is 1. The molecule has 9 heavy (non-hydrogen) atoms. The average molecular weight is 129 g/mol. The minimum atomic E-state index is -0.167. The molecule has 3 atom stereocenters. The molecule has 0 unspecified atom stereocenters. The topological polar surface area (TPSA) is 46.2 Å². The summed E-state index contributed by atoms with van der Waals surface area (Å²) < 4.78 is 0. The Morgan fingerprint density at radius 3 is 2.22 bits per heavy atom. The number of hydrogen-bond donors (Lipinski definition) is 2. The summed E-state index contributed by atoms with van der Waals surface area (Å²) in [4.78, 5) is 0. The van der Waals surface area contributed by atoms with Gasteiger partial charge in [-0.15, -0.1) is 0 Å². The van der Waals surface area contributed by atoms with Crippen molar-refractivity contribution in [3.63, 3.8) is 0 Å². The summed E-state index contributed by atoms with van der Waals surface area (Å²) in [5.41, 5.74) is 5.69. The molecule has 0 aromatic carbocycles. The molecule has 1 fully saturated rings. The van der Waals surface area contributed by atoms with E-state index >= 15 is 0 Å². The third-order valence-electron chi connectivity index (χ3n) is 2.12. The van der Waals surface area contributed by atoms with E-state index in [9.17, 15) is 5.11 Å². The summed E-state index contributed by atoms with van der Waals surface area (Å²) in [5.74, 6) is 0.389. The summed E-state index contributed by atoms with van der Waals surface area (Å²) in [6, 6.07) is 0. The Balaban J connectivity index is 2.54. The van der Waals surface area contributed by atoms with Crippen LogP contribution in [0.5, 0.6) is 0 Å². The van der Waals surface area contributed by atoms with Gasteiger partial charge < -0.3 is 10.8 Å². The van der Waals surface area contributed by atoms with Gasteiger partial charge in [0, 0.05) is 5.54 Å². The molecular weight excluding hydrogens is 114 g/mol. The van der Waals surface area contributed by atoms with Crippen LogP contribution in [0.2, 0.25) is 0 Å². The number of aliphatic hydroxyl groups excluding tert-OH is 1. The van der Waals surface area contributed by atoms with Gasteiger partial charge in [0.15, 0.2) is 0 Å². The first-order valence-corrected chi connectivity index (χ1v) is 3.48. The molecule has 2 heteroatoms. The molecule has 54 valence electrons. The van der Waals surface area contributed by atoms with Crippen LogP contribution in [0.4, 0.5) is 0 Å². The first kappa shape index (κ1) is 7.03. The number of hydrogen-bond acceptors (Lipinski definition) is 2. The summed E-state index contributed by atoms with van der Waals surface area (Å²) in [5, 5.41) is 9.25. The number of rotatable bonds is 0. The van der Waals surface area contributed by atoms with E-state index in [1.807, 2.05) is 13.8 Å². The van der Waals surface area contributed by atoms with Crippen molar-refractivity contribution in [2.24, 2.45) is 11.7 Å². The van der Waals surface area contributed by atoms with Gasteiger partial charge in [-0.2, -0.15) is 0 Å². The molecule has 1 saturated carbocycles. The maximum absolute atomic E-state index is 9.25. The van der Waals surface area contributed by atoms with Crippen LogP contribution in [-0.4, -0.2) is 16.7 Å². The lowest BCUT2D eigenvalue weighted by Gasteiger charge is -2.15. The number of aliphatic hydroxyl groups is 1. The summed E-state index contributed by atoms with van der Waals surface area (Å²) in [6.45, 7) is 4.04. The second-order valence-corrected chi connectivity index (χ2v) is 3.61. The fourth-order valence-electron chi connectivity index (χ4n) is 1.63. The summed E-state index contributed by atoms with van der Waals surface area (Å²) >= 11 is 0. The van der Waals surface area contributed by atoms with Crippen molar-refractivity contribution in [1.82, 2.24) is 0 Å². The predicted molar refractivity (Wildman–Crippen MR) is 37.0 cm³/mol. The van der Waals surface area contributed by atoms with Crippen LogP contribution in [-0.2, 0) is 0 Å². The fraction of sp³-hybridized carbons (Fsp3) is 1.00. The second kappa shape index (κ2) is 1.96. The molecule has 0 aromatic heterocycles. The molecule has 1 rings (SSSR count). The summed E-state index contributed by atoms with van der Waals surface area (Å²) in [7, 11) is 0. The minimum absolute atomic E-state index is 0.112. The van der Waals surface area contributed by atoms with Gasteiger partial charge in [0.25, 0.3) is 0 Å². The molecule has 0 heterocycles. The van der Waals surface area contributed by atoms with E-state index < -0.39 is 0 Å². The lowest BCUT2D eigenvalue weighted by Crippen LogP contribution is -2.32. The first-order chi connectivity index (χ1) is 4.01. The standard InChI is InChI=1S/C7H15NO/c1-5-3-7(2,8)4-6(5)9/h5-6,9H,3-4,8H2,1-2H3/t5-,6-,7-/m0/s1. The largest absolute Gasteiger partial charge is 0.393 e. The van der Waals surface area contributed by atoms with Crippen LogP contribution >= 0.6 is 0 Å². The van der Waals surface area contributed by atoms with Gasteiger partial charge in [0.1, 0.15) is 0 Å².